The second kappa shape index (κ2) is 14.6. The Balaban J connectivity index is 1.51. The number of phenolic OH excluding ortho intramolecular Hbond substituents is 3. The normalized spacial score (nSPS) is 12.4. The molecule has 0 radical (unpaired) electrons. The lowest BCUT2D eigenvalue weighted by Crippen LogP contribution is -2.31. The van der Waals surface area contributed by atoms with Crippen molar-refractivity contribution in [3.8, 4) is 57.3 Å². The van der Waals surface area contributed by atoms with Crippen molar-refractivity contribution >= 4 is 23.0 Å². The van der Waals surface area contributed by atoms with Gasteiger partial charge in [0, 0.05) is 17.7 Å². The van der Waals surface area contributed by atoms with Crippen LogP contribution in [-0.2, 0) is 9.53 Å². The number of benzene rings is 4. The number of esters is 1. The van der Waals surface area contributed by atoms with Crippen molar-refractivity contribution in [1.29, 1.82) is 0 Å². The average molecular weight is 673 g/mol. The number of carbonyl (C=O) groups is 1. The highest BCUT2D eigenvalue weighted by Gasteiger charge is 2.29. The number of aliphatic hydroxyl groups is 1. The molecule has 1 heterocycles. The Kier molecular flexibility index (Phi) is 10.1. The number of aliphatic hydroxyl groups excluding tert-OH is 1. The second-order valence-corrected chi connectivity index (χ2v) is 10.6. The summed E-state index contributed by atoms with van der Waals surface area (Å²) in [7, 11) is 3.99. The fraction of sp³-hybridized carbons (Fsp3) is 0.167. The van der Waals surface area contributed by atoms with Crippen LogP contribution in [0, 0.1) is 0 Å². The third kappa shape index (κ3) is 7.47. The van der Waals surface area contributed by atoms with Crippen LogP contribution in [0.2, 0.25) is 0 Å². The van der Waals surface area contributed by atoms with Crippen LogP contribution in [0.4, 0.5) is 0 Å². The maximum absolute atomic E-state index is 12.9. The molecule has 0 unspecified atom stereocenters. The minimum atomic E-state index is -1.47. The van der Waals surface area contributed by atoms with Gasteiger partial charge in [-0.2, -0.15) is 0 Å². The molecule has 13 nitrogen and oxygen atoms in total. The van der Waals surface area contributed by atoms with E-state index in [4.69, 9.17) is 28.1 Å². The van der Waals surface area contributed by atoms with E-state index in [2.05, 4.69) is 0 Å². The highest BCUT2D eigenvalue weighted by atomic mass is 16.6. The number of aromatic hydroxyl groups is 4. The van der Waals surface area contributed by atoms with Crippen molar-refractivity contribution in [3.63, 3.8) is 0 Å². The van der Waals surface area contributed by atoms with Gasteiger partial charge in [-0.05, 0) is 65.7 Å². The summed E-state index contributed by atoms with van der Waals surface area (Å²) < 4.78 is 33.8. The summed E-state index contributed by atoms with van der Waals surface area (Å²) in [6.07, 6.45) is -0.124. The van der Waals surface area contributed by atoms with Crippen LogP contribution in [0.1, 0.15) is 17.2 Å². The number of ether oxygens (including phenoxy) is 5. The van der Waals surface area contributed by atoms with Crippen LogP contribution in [0.3, 0.4) is 0 Å². The van der Waals surface area contributed by atoms with E-state index >= 15 is 0 Å². The van der Waals surface area contributed by atoms with Crippen LogP contribution in [0.5, 0.6) is 46.0 Å². The van der Waals surface area contributed by atoms with E-state index < -0.39 is 36.0 Å². The van der Waals surface area contributed by atoms with E-state index in [1.807, 2.05) is 0 Å². The molecule has 0 aliphatic carbocycles. The van der Waals surface area contributed by atoms with Crippen LogP contribution < -0.4 is 24.4 Å². The second-order valence-electron chi connectivity index (χ2n) is 10.6. The fourth-order valence-electron chi connectivity index (χ4n) is 4.89. The van der Waals surface area contributed by atoms with Crippen LogP contribution in [0.15, 0.2) is 88.1 Å². The zero-order valence-corrected chi connectivity index (χ0v) is 26.4. The highest BCUT2D eigenvalue weighted by molar-refractivity contribution is 5.87. The average Bonchev–Trinajstić information content (AvgIpc) is 3.10. The lowest BCUT2D eigenvalue weighted by molar-refractivity contribution is -0.142. The molecule has 5 N–H and O–H groups in total. The minimum absolute atomic E-state index is 0.0184. The van der Waals surface area contributed by atoms with E-state index in [0.29, 0.717) is 5.56 Å². The summed E-state index contributed by atoms with van der Waals surface area (Å²) >= 11 is 0. The molecule has 49 heavy (non-hydrogen) atoms. The summed E-state index contributed by atoms with van der Waals surface area (Å²) in [6, 6.07) is 16.9. The summed E-state index contributed by atoms with van der Waals surface area (Å²) in [4.78, 5) is 25.6. The number of carbonyl (C=O) groups excluding carboxylic acids is 1. The van der Waals surface area contributed by atoms with Gasteiger partial charge in [0.15, 0.2) is 34.9 Å². The number of rotatable bonds is 12. The van der Waals surface area contributed by atoms with Crippen LogP contribution >= 0.6 is 0 Å². The van der Waals surface area contributed by atoms with Gasteiger partial charge in [-0.1, -0.05) is 18.2 Å². The Hall–Kier alpha value is -6.34. The molecule has 0 bridgehead atoms. The third-order valence-electron chi connectivity index (χ3n) is 7.44. The number of phenols is 3. The number of methoxy groups -OCH3 is 3. The molecular formula is C36H32O13. The molecule has 0 aliphatic heterocycles. The molecule has 13 heteroatoms. The monoisotopic (exact) mass is 672 g/mol. The van der Waals surface area contributed by atoms with E-state index in [0.717, 1.165) is 0 Å². The first-order valence-corrected chi connectivity index (χ1v) is 14.6. The number of hydrogen-bond donors (Lipinski definition) is 5. The van der Waals surface area contributed by atoms with Crippen molar-refractivity contribution in [2.45, 2.75) is 12.2 Å². The van der Waals surface area contributed by atoms with Gasteiger partial charge in [-0.15, -0.1) is 0 Å². The topological polar surface area (TPSA) is 195 Å². The maximum Gasteiger partial charge on any atom is 0.330 e. The summed E-state index contributed by atoms with van der Waals surface area (Å²) in [5, 5.41) is 51.8. The van der Waals surface area contributed by atoms with E-state index in [1.165, 1.54) is 94.1 Å². The summed E-state index contributed by atoms with van der Waals surface area (Å²) in [5.74, 6) is -1.88. The Labute approximate surface area is 279 Å². The predicted molar refractivity (Wildman–Crippen MR) is 176 cm³/mol. The van der Waals surface area contributed by atoms with Gasteiger partial charge in [0.1, 0.15) is 29.8 Å². The van der Waals surface area contributed by atoms with E-state index in [-0.39, 0.29) is 68.1 Å². The zero-order valence-electron chi connectivity index (χ0n) is 26.4. The van der Waals surface area contributed by atoms with E-state index in [9.17, 15) is 35.1 Å². The van der Waals surface area contributed by atoms with Gasteiger partial charge in [-0.25, -0.2) is 4.79 Å². The predicted octanol–water partition coefficient (Wildman–Crippen LogP) is 5.05. The Bertz CT molecular complexity index is 2040. The molecule has 2 atom stereocenters. The summed E-state index contributed by atoms with van der Waals surface area (Å²) in [5.41, 5.74) is 0.301. The molecule has 0 amide bonds. The molecular weight excluding hydrogens is 640 g/mol. The molecule has 0 fully saturated rings. The smallest absolute Gasteiger partial charge is 0.330 e. The Morgan fingerprint density at radius 3 is 2.12 bits per heavy atom. The van der Waals surface area contributed by atoms with Crippen molar-refractivity contribution in [3.05, 3.63) is 100 Å². The standard InChI is InChI=1S/C36H32O13/c1-44-27-14-20(7-12-25(27)39)32(41)30(18-47-31(40)13-6-19-4-8-22(37)9-5-19)49-36-28(45-2)15-21(16-29(36)46-3)35-34(43)33(42)24-11-10-23(38)17-26(24)48-35/h4-17,30,32,37-39,41,43H,18H2,1-3H3/b13-6+/t30-,32+/m1/s1. The van der Waals surface area contributed by atoms with Crippen molar-refractivity contribution in [2.24, 2.45) is 0 Å². The number of fused-ring (bicyclic) bond motifs is 1. The maximum atomic E-state index is 12.9. The SMILES string of the molecule is COc1cc([C@H](O)[C@@H](COC(=O)/C=C/c2ccc(O)cc2)Oc2c(OC)cc(-c3oc4cc(O)ccc4c(=O)c3O)cc2OC)ccc1O. The lowest BCUT2D eigenvalue weighted by Gasteiger charge is -2.26. The van der Waals surface area contributed by atoms with Gasteiger partial charge in [0.2, 0.25) is 16.9 Å². The third-order valence-corrected chi connectivity index (χ3v) is 7.44. The molecule has 0 saturated carbocycles. The first kappa shape index (κ1) is 34.0. The molecule has 5 aromatic rings. The number of hydrogen-bond acceptors (Lipinski definition) is 13. The van der Waals surface area contributed by atoms with Gasteiger partial charge >= 0.3 is 5.97 Å². The first-order valence-electron chi connectivity index (χ1n) is 14.6. The molecule has 0 aliphatic rings. The van der Waals surface area contributed by atoms with E-state index in [1.54, 1.807) is 12.1 Å². The molecule has 5 rings (SSSR count). The van der Waals surface area contributed by atoms with Gasteiger partial charge in [0.25, 0.3) is 0 Å². The summed E-state index contributed by atoms with van der Waals surface area (Å²) in [6.45, 7) is -0.485. The Morgan fingerprint density at radius 1 is 0.816 bits per heavy atom. The fourth-order valence-corrected chi connectivity index (χ4v) is 4.89. The molecule has 0 saturated heterocycles. The quantitative estimate of drug-likeness (QED) is 0.0874. The van der Waals surface area contributed by atoms with Crippen molar-refractivity contribution in [2.75, 3.05) is 27.9 Å². The van der Waals surface area contributed by atoms with Gasteiger partial charge < -0.3 is 53.6 Å². The Morgan fingerprint density at radius 2 is 1.47 bits per heavy atom. The lowest BCUT2D eigenvalue weighted by atomic mass is 10.0. The molecule has 4 aromatic carbocycles. The van der Waals surface area contributed by atoms with Crippen molar-refractivity contribution < 1.29 is 58.4 Å². The van der Waals surface area contributed by atoms with Crippen LogP contribution in [0.25, 0.3) is 28.4 Å². The van der Waals surface area contributed by atoms with Crippen LogP contribution in [-0.4, -0.2) is 65.5 Å². The molecule has 1 aromatic heterocycles. The zero-order chi connectivity index (χ0) is 35.2. The largest absolute Gasteiger partial charge is 0.508 e. The van der Waals surface area contributed by atoms with Gasteiger partial charge in [0.05, 0.1) is 26.7 Å². The van der Waals surface area contributed by atoms with Crippen molar-refractivity contribution in [1.82, 2.24) is 0 Å². The molecule has 254 valence electrons. The molecule has 0 spiro atoms. The highest BCUT2D eigenvalue weighted by Crippen LogP contribution is 2.45. The van der Waals surface area contributed by atoms with Gasteiger partial charge in [-0.3, -0.25) is 4.79 Å². The minimum Gasteiger partial charge on any atom is -0.508 e. The first-order chi connectivity index (χ1) is 23.5.